The largest absolute Gasteiger partial charge is 0.505 e. The molecule has 15 nitrogen and oxygen atoms in total. The Labute approximate surface area is 393 Å². The Kier molecular flexibility index (Phi) is 11.8. The highest BCUT2D eigenvalue weighted by atomic mass is 32.2. The number of nitriles is 1. The van der Waals surface area contributed by atoms with Crippen LogP contribution in [-0.4, -0.2) is 67.0 Å². The third kappa shape index (κ3) is 8.74. The molecule has 1 saturated carbocycles. The average molecular weight is 937 g/mol. The Morgan fingerprint density at radius 2 is 1.57 bits per heavy atom. The van der Waals surface area contributed by atoms with Gasteiger partial charge in [-0.05, 0) is 103 Å². The maximum Gasteiger partial charge on any atom is 0.322 e. The van der Waals surface area contributed by atoms with Gasteiger partial charge >= 0.3 is 12.1 Å². The number of ether oxygens (including phenoxy) is 2. The number of methoxy groups -OCH3 is 1. The molecule has 3 N–H and O–H groups in total. The van der Waals surface area contributed by atoms with Gasteiger partial charge in [0.15, 0.2) is 21.4 Å². The number of phenols is 1. The van der Waals surface area contributed by atoms with Gasteiger partial charge in [0.05, 0.1) is 52.1 Å². The first-order valence-corrected chi connectivity index (χ1v) is 24.0. The third-order valence-corrected chi connectivity index (χ3v) is 14.3. The first kappa shape index (κ1) is 45.6. The number of nitrogens with zero attached hydrogens (tertiary/aromatic N) is 6. The van der Waals surface area contributed by atoms with Crippen molar-refractivity contribution in [2.45, 2.75) is 74.8 Å². The van der Waals surface area contributed by atoms with Crippen molar-refractivity contribution in [3.63, 3.8) is 0 Å². The summed E-state index contributed by atoms with van der Waals surface area (Å²) in [5, 5.41) is 25.7. The molecule has 0 saturated heterocycles. The summed E-state index contributed by atoms with van der Waals surface area (Å²) in [5.74, 6) is -0.723. The van der Waals surface area contributed by atoms with Gasteiger partial charge in [0, 0.05) is 72.7 Å². The van der Waals surface area contributed by atoms with Crippen molar-refractivity contribution in [2.75, 3.05) is 36.3 Å². The van der Waals surface area contributed by atoms with E-state index in [1.807, 2.05) is 57.2 Å². The molecule has 1 aliphatic carbocycles. The lowest BCUT2D eigenvalue weighted by molar-refractivity contribution is 0.244. The predicted octanol–water partition coefficient (Wildman–Crippen LogP) is 8.71. The summed E-state index contributed by atoms with van der Waals surface area (Å²) in [5.41, 5.74) is 6.54. The molecule has 4 amide bonds. The van der Waals surface area contributed by atoms with Crippen LogP contribution in [0.2, 0.25) is 0 Å². The summed E-state index contributed by atoms with van der Waals surface area (Å²) in [6, 6.07) is 26.2. The number of hydrogen-bond donors (Lipinski definition) is 3. The Hall–Kier alpha value is -7.58. The molecule has 6 aromatic rings. The molecule has 5 heterocycles. The standard InChI is InChI=1S/C51H49FN8O7S/c1-30-20-44(66-4)54-27-38(30)40-16-17-41-46(57-40)51(29-60(41)49(63)56-25-32-8-6-31(24-53)7-9-32)19-18-34(23-51)37-22-42-45(58-47(37)67-35-12-15-39(52)43(61)21-35)50(2,3)28-59(42)48(62)55-26-33-10-13-36(14-11-33)68(5,64)65/h6-17,20-22,27,34,61H,18-19,23,25-26,28-29H2,1-5H3,(H,55,62)(H,56,63). The zero-order valence-corrected chi connectivity index (χ0v) is 38.9. The first-order chi connectivity index (χ1) is 32.4. The van der Waals surface area contributed by atoms with Crippen molar-refractivity contribution in [3.05, 3.63) is 142 Å². The summed E-state index contributed by atoms with van der Waals surface area (Å²) in [4.78, 5) is 46.8. The molecule has 1 fully saturated rings. The van der Waals surface area contributed by atoms with Gasteiger partial charge in [-0.1, -0.05) is 38.1 Å². The molecular weight excluding hydrogens is 888 g/mol. The molecule has 9 rings (SSSR count). The van der Waals surface area contributed by atoms with E-state index in [4.69, 9.17) is 19.4 Å². The third-order valence-electron chi connectivity index (χ3n) is 13.2. The molecule has 68 heavy (non-hydrogen) atoms. The van der Waals surface area contributed by atoms with E-state index in [9.17, 15) is 32.8 Å². The second kappa shape index (κ2) is 17.6. The van der Waals surface area contributed by atoms with E-state index in [0.29, 0.717) is 65.6 Å². The minimum absolute atomic E-state index is 0.147. The van der Waals surface area contributed by atoms with Crippen molar-refractivity contribution in [1.82, 2.24) is 25.6 Å². The lowest BCUT2D eigenvalue weighted by Crippen LogP contribution is -2.42. The van der Waals surface area contributed by atoms with Crippen LogP contribution >= 0.6 is 0 Å². The smallest absolute Gasteiger partial charge is 0.322 e. The first-order valence-electron chi connectivity index (χ1n) is 22.1. The van der Waals surface area contributed by atoms with Gasteiger partial charge in [0.1, 0.15) is 5.75 Å². The minimum Gasteiger partial charge on any atom is -0.505 e. The number of rotatable bonds is 10. The number of sulfone groups is 1. The zero-order chi connectivity index (χ0) is 48.1. The number of nitrogens with one attached hydrogen (secondary N) is 2. The molecule has 3 aliphatic rings. The minimum atomic E-state index is -3.39. The van der Waals surface area contributed by atoms with Gasteiger partial charge in [-0.15, -0.1) is 0 Å². The summed E-state index contributed by atoms with van der Waals surface area (Å²) in [6.45, 7) is 6.92. The van der Waals surface area contributed by atoms with E-state index in [0.717, 1.165) is 40.3 Å². The fraction of sp³-hybridized carbons (Fsp3) is 0.294. The number of phenolic OH excluding ortho intramolecular Hbond substituents is 1. The number of amides is 4. The second-order valence-electron chi connectivity index (χ2n) is 18.4. The lowest BCUT2D eigenvalue weighted by atomic mass is 9.82. The molecule has 3 aromatic heterocycles. The highest BCUT2D eigenvalue weighted by Crippen LogP contribution is 2.57. The van der Waals surface area contributed by atoms with E-state index in [1.165, 1.54) is 24.3 Å². The number of anilines is 2. The topological polar surface area (TPSA) is 200 Å². The van der Waals surface area contributed by atoms with E-state index in [2.05, 4.69) is 21.7 Å². The number of urea groups is 2. The van der Waals surface area contributed by atoms with Gasteiger partial charge in [-0.3, -0.25) is 9.80 Å². The molecule has 2 unspecified atom stereocenters. The van der Waals surface area contributed by atoms with E-state index < -0.39 is 32.2 Å². The van der Waals surface area contributed by atoms with Crippen molar-refractivity contribution in [2.24, 2.45) is 0 Å². The Morgan fingerprint density at radius 3 is 2.21 bits per heavy atom. The summed E-state index contributed by atoms with van der Waals surface area (Å²) >= 11 is 0. The Bertz CT molecular complexity index is 3140. The maximum atomic E-state index is 14.3. The van der Waals surface area contributed by atoms with Crippen LogP contribution in [0.5, 0.6) is 23.3 Å². The van der Waals surface area contributed by atoms with Crippen LogP contribution in [0, 0.1) is 24.1 Å². The highest BCUT2D eigenvalue weighted by Gasteiger charge is 2.52. The number of aryl methyl sites for hydroxylation is 1. The van der Waals surface area contributed by atoms with Crippen LogP contribution in [0.3, 0.4) is 0 Å². The van der Waals surface area contributed by atoms with E-state index >= 15 is 0 Å². The molecule has 1 spiro atoms. The summed E-state index contributed by atoms with van der Waals surface area (Å²) < 4.78 is 50.2. The molecular formula is C51H49FN8O7S. The van der Waals surface area contributed by atoms with Gasteiger partial charge in [0.2, 0.25) is 11.8 Å². The number of carbonyl (C=O) groups excluding carboxylic acids is 2. The Morgan fingerprint density at radius 1 is 0.897 bits per heavy atom. The van der Waals surface area contributed by atoms with Crippen molar-refractivity contribution < 1.29 is 37.0 Å². The number of carbonyl (C=O) groups is 2. The number of aromatic nitrogens is 3. The van der Waals surface area contributed by atoms with Crippen LogP contribution < -0.4 is 29.9 Å². The van der Waals surface area contributed by atoms with Gasteiger partial charge in [-0.2, -0.15) is 5.26 Å². The van der Waals surface area contributed by atoms with Crippen LogP contribution in [0.25, 0.3) is 11.3 Å². The van der Waals surface area contributed by atoms with Crippen LogP contribution in [0.1, 0.15) is 78.2 Å². The number of benzene rings is 3. The molecule has 348 valence electrons. The number of hydrogen-bond acceptors (Lipinski definition) is 11. The van der Waals surface area contributed by atoms with Crippen molar-refractivity contribution in [3.8, 4) is 40.6 Å². The second-order valence-corrected chi connectivity index (χ2v) is 20.4. The fourth-order valence-corrected chi connectivity index (χ4v) is 10.2. The maximum absolute atomic E-state index is 14.3. The molecule has 2 aliphatic heterocycles. The highest BCUT2D eigenvalue weighted by molar-refractivity contribution is 7.90. The van der Waals surface area contributed by atoms with E-state index in [-0.39, 0.29) is 54.1 Å². The molecule has 0 bridgehead atoms. The van der Waals surface area contributed by atoms with Crippen molar-refractivity contribution in [1.29, 1.82) is 5.26 Å². The number of pyridine rings is 3. The quantitative estimate of drug-likeness (QED) is 0.119. The van der Waals surface area contributed by atoms with Gasteiger partial charge in [-0.25, -0.2) is 37.3 Å². The zero-order valence-electron chi connectivity index (χ0n) is 38.1. The molecule has 2 atom stereocenters. The van der Waals surface area contributed by atoms with Crippen LogP contribution in [-0.2, 0) is 33.8 Å². The Balaban J connectivity index is 1.08. The predicted molar refractivity (Wildman–Crippen MR) is 252 cm³/mol. The SMILES string of the molecule is COc1cc(C)c(-c2ccc3c(n2)C2(CCC(c4cc5c(nc4Oc4ccc(F)c(O)c4)C(C)(C)CN5C(=O)NCc4ccc(S(C)(=O)=O)cc4)C2)CN3C(=O)NCc2ccc(C#N)cc2)cn1. The number of fused-ring (bicyclic) bond motifs is 3. The molecule has 3 aromatic carbocycles. The van der Waals surface area contributed by atoms with Crippen molar-refractivity contribution >= 4 is 33.3 Å². The number of halogens is 1. The lowest BCUT2D eigenvalue weighted by Gasteiger charge is -2.26. The average Bonchev–Trinajstić information content (AvgIpc) is 3.98. The van der Waals surface area contributed by atoms with E-state index in [1.54, 1.807) is 47.4 Å². The summed E-state index contributed by atoms with van der Waals surface area (Å²) in [6.07, 6.45) is 4.64. The number of aromatic hydroxyl groups is 1. The molecule has 0 radical (unpaired) electrons. The van der Waals surface area contributed by atoms with Gasteiger partial charge < -0.3 is 25.2 Å². The molecule has 17 heteroatoms. The summed E-state index contributed by atoms with van der Waals surface area (Å²) in [7, 11) is -1.83. The van der Waals surface area contributed by atoms with Crippen LogP contribution in [0.15, 0.2) is 102 Å². The van der Waals surface area contributed by atoms with Crippen LogP contribution in [0.4, 0.5) is 25.4 Å². The normalized spacial score (nSPS) is 17.9. The van der Waals surface area contributed by atoms with Gasteiger partial charge in [0.25, 0.3) is 0 Å². The monoisotopic (exact) mass is 936 g/mol. The fourth-order valence-electron chi connectivity index (χ4n) is 9.59.